The predicted molar refractivity (Wildman–Crippen MR) is 59.3 cm³/mol. The van der Waals surface area contributed by atoms with Crippen molar-refractivity contribution in [2.75, 3.05) is 7.05 Å². The van der Waals surface area contributed by atoms with Gasteiger partial charge in [0, 0.05) is 12.1 Å². The quantitative estimate of drug-likeness (QED) is 0.472. The van der Waals surface area contributed by atoms with Crippen LogP contribution < -0.4 is 5.84 Å². The summed E-state index contributed by atoms with van der Waals surface area (Å²) in [5.74, 6) is 5.46. The van der Waals surface area contributed by atoms with E-state index in [1.807, 2.05) is 12.1 Å². The molecule has 0 aromatic heterocycles. The number of amides is 1. The molecule has 1 aliphatic carbocycles. The molecule has 0 saturated heterocycles. The Morgan fingerprint density at radius 2 is 1.93 bits per heavy atom. The Labute approximate surface area is 93.8 Å². The van der Waals surface area contributed by atoms with E-state index in [2.05, 4.69) is 0 Å². The predicted octanol–water partition coefficient (Wildman–Crippen LogP) is 1.70. The Hall–Kier alpha value is -1.06. The number of nitrogens with two attached hydrogens (primary N) is 1. The molecule has 1 aromatic carbocycles. The largest absolute Gasteiger partial charge is 0.283 e. The zero-order valence-electron chi connectivity index (χ0n) is 8.53. The summed E-state index contributed by atoms with van der Waals surface area (Å²) < 4.78 is 0. The molecule has 0 heterocycles. The normalized spacial score (nSPS) is 17.3. The lowest BCUT2D eigenvalue weighted by molar-refractivity contribution is -0.132. The van der Waals surface area contributed by atoms with Gasteiger partial charge >= 0.3 is 0 Å². The third-order valence-electron chi connectivity index (χ3n) is 2.88. The molecule has 0 bridgehead atoms. The van der Waals surface area contributed by atoms with Crippen LogP contribution in [0.25, 0.3) is 0 Å². The van der Waals surface area contributed by atoms with Crippen LogP contribution in [0.5, 0.6) is 0 Å². The van der Waals surface area contributed by atoms with Gasteiger partial charge in [-0.3, -0.25) is 9.80 Å². The second kappa shape index (κ2) is 3.51. The van der Waals surface area contributed by atoms with Crippen molar-refractivity contribution in [3.05, 3.63) is 34.9 Å². The van der Waals surface area contributed by atoms with Gasteiger partial charge in [-0.2, -0.15) is 0 Å². The van der Waals surface area contributed by atoms with Gasteiger partial charge in [-0.25, -0.2) is 5.84 Å². The molecule has 2 N–H and O–H groups in total. The van der Waals surface area contributed by atoms with Crippen LogP contribution in [0.2, 0.25) is 5.02 Å². The Morgan fingerprint density at radius 3 is 2.33 bits per heavy atom. The fourth-order valence-corrected chi connectivity index (χ4v) is 1.98. The van der Waals surface area contributed by atoms with Gasteiger partial charge in [-0.15, -0.1) is 0 Å². The molecule has 0 atom stereocenters. The number of likely N-dealkylation sites (N-methyl/N-ethyl adjacent to an activating group) is 1. The first-order valence-electron chi connectivity index (χ1n) is 4.85. The lowest BCUT2D eigenvalue weighted by atomic mass is 9.95. The first kappa shape index (κ1) is 10.5. The van der Waals surface area contributed by atoms with Crippen LogP contribution >= 0.6 is 11.6 Å². The van der Waals surface area contributed by atoms with E-state index in [1.165, 1.54) is 5.01 Å². The standard InChI is InChI=1S/C11H13ClN2O/c1-14(13)10(15)11(6-7-11)8-2-4-9(12)5-3-8/h2-5H,6-7,13H2,1H3. The zero-order chi connectivity index (χ0) is 11.1. The van der Waals surface area contributed by atoms with Crippen LogP contribution in [0.1, 0.15) is 18.4 Å². The van der Waals surface area contributed by atoms with Crippen LogP contribution in [-0.2, 0) is 10.2 Å². The average molecular weight is 225 g/mol. The summed E-state index contributed by atoms with van der Waals surface area (Å²) >= 11 is 5.80. The van der Waals surface area contributed by atoms with E-state index < -0.39 is 0 Å². The van der Waals surface area contributed by atoms with Crippen molar-refractivity contribution < 1.29 is 4.79 Å². The lowest BCUT2D eigenvalue weighted by Gasteiger charge is -2.19. The van der Waals surface area contributed by atoms with Gasteiger partial charge in [0.2, 0.25) is 5.91 Å². The van der Waals surface area contributed by atoms with Crippen molar-refractivity contribution in [2.45, 2.75) is 18.3 Å². The number of halogens is 1. The number of carbonyl (C=O) groups is 1. The molecule has 1 saturated carbocycles. The molecule has 1 fully saturated rings. The van der Waals surface area contributed by atoms with Crippen molar-refractivity contribution in [3.63, 3.8) is 0 Å². The summed E-state index contributed by atoms with van der Waals surface area (Å²) in [6.45, 7) is 0. The van der Waals surface area contributed by atoms with Gasteiger partial charge in [0.15, 0.2) is 0 Å². The van der Waals surface area contributed by atoms with Crippen LogP contribution in [0.15, 0.2) is 24.3 Å². The molecule has 1 aliphatic rings. The van der Waals surface area contributed by atoms with E-state index in [9.17, 15) is 4.79 Å². The monoisotopic (exact) mass is 224 g/mol. The van der Waals surface area contributed by atoms with E-state index in [1.54, 1.807) is 19.2 Å². The molecular formula is C11H13ClN2O. The Balaban J connectivity index is 2.30. The molecule has 0 unspecified atom stereocenters. The number of hydrogen-bond donors (Lipinski definition) is 1. The first-order valence-corrected chi connectivity index (χ1v) is 5.23. The molecule has 80 valence electrons. The highest BCUT2D eigenvalue weighted by molar-refractivity contribution is 6.30. The molecule has 1 aromatic rings. The van der Waals surface area contributed by atoms with Gasteiger partial charge in [-0.1, -0.05) is 23.7 Å². The Kier molecular flexibility index (Phi) is 2.44. The molecular weight excluding hydrogens is 212 g/mol. The fourth-order valence-electron chi connectivity index (χ4n) is 1.86. The summed E-state index contributed by atoms with van der Waals surface area (Å²) in [5, 5.41) is 1.85. The summed E-state index contributed by atoms with van der Waals surface area (Å²) in [6, 6.07) is 7.41. The highest BCUT2D eigenvalue weighted by Crippen LogP contribution is 2.49. The van der Waals surface area contributed by atoms with Gasteiger partial charge in [0.1, 0.15) is 0 Å². The molecule has 15 heavy (non-hydrogen) atoms. The summed E-state index contributed by atoms with van der Waals surface area (Å²) in [6.07, 6.45) is 1.74. The number of nitrogens with zero attached hydrogens (tertiary/aromatic N) is 1. The minimum absolute atomic E-state index is 0.0233. The van der Waals surface area contributed by atoms with Crippen LogP contribution in [-0.4, -0.2) is 18.0 Å². The van der Waals surface area contributed by atoms with E-state index in [4.69, 9.17) is 17.4 Å². The maximum absolute atomic E-state index is 11.9. The maximum Gasteiger partial charge on any atom is 0.246 e. The van der Waals surface area contributed by atoms with Crippen molar-refractivity contribution >= 4 is 17.5 Å². The number of hydrazine groups is 1. The minimum Gasteiger partial charge on any atom is -0.283 e. The second-order valence-corrected chi connectivity index (χ2v) is 4.44. The fraction of sp³-hybridized carbons (Fsp3) is 0.364. The molecule has 4 heteroatoms. The third-order valence-corrected chi connectivity index (χ3v) is 3.13. The lowest BCUT2D eigenvalue weighted by Crippen LogP contribution is -2.41. The van der Waals surface area contributed by atoms with E-state index in [0.29, 0.717) is 5.02 Å². The number of benzene rings is 1. The van der Waals surface area contributed by atoms with Crippen molar-refractivity contribution in [1.82, 2.24) is 5.01 Å². The minimum atomic E-state index is -0.381. The van der Waals surface area contributed by atoms with Crippen molar-refractivity contribution in [2.24, 2.45) is 5.84 Å². The Bertz CT molecular complexity index is 382. The van der Waals surface area contributed by atoms with E-state index in [0.717, 1.165) is 18.4 Å². The summed E-state index contributed by atoms with van der Waals surface area (Å²) in [5.41, 5.74) is 0.628. The highest BCUT2D eigenvalue weighted by Gasteiger charge is 2.52. The Morgan fingerprint density at radius 1 is 1.40 bits per heavy atom. The highest BCUT2D eigenvalue weighted by atomic mass is 35.5. The SMILES string of the molecule is CN(N)C(=O)C1(c2ccc(Cl)cc2)CC1. The van der Waals surface area contributed by atoms with Gasteiger partial charge in [-0.05, 0) is 30.5 Å². The second-order valence-electron chi connectivity index (χ2n) is 4.01. The van der Waals surface area contributed by atoms with Crippen molar-refractivity contribution in [1.29, 1.82) is 0 Å². The van der Waals surface area contributed by atoms with Crippen LogP contribution in [0, 0.1) is 0 Å². The number of carbonyl (C=O) groups excluding carboxylic acids is 1. The molecule has 1 amide bonds. The topological polar surface area (TPSA) is 46.3 Å². The number of rotatable bonds is 2. The van der Waals surface area contributed by atoms with Gasteiger partial charge < -0.3 is 0 Å². The van der Waals surface area contributed by atoms with Crippen LogP contribution in [0.4, 0.5) is 0 Å². The van der Waals surface area contributed by atoms with E-state index in [-0.39, 0.29) is 11.3 Å². The van der Waals surface area contributed by atoms with Gasteiger partial charge in [0.25, 0.3) is 0 Å². The summed E-state index contributed by atoms with van der Waals surface area (Å²) in [7, 11) is 1.58. The molecule has 0 radical (unpaired) electrons. The van der Waals surface area contributed by atoms with Crippen LogP contribution in [0.3, 0.4) is 0 Å². The molecule has 0 spiro atoms. The first-order chi connectivity index (χ1) is 7.06. The third kappa shape index (κ3) is 1.73. The smallest absolute Gasteiger partial charge is 0.246 e. The molecule has 3 nitrogen and oxygen atoms in total. The average Bonchev–Trinajstić information content (AvgIpc) is 2.99. The van der Waals surface area contributed by atoms with E-state index >= 15 is 0 Å². The zero-order valence-corrected chi connectivity index (χ0v) is 9.29. The molecule has 2 rings (SSSR count). The maximum atomic E-state index is 11.9. The van der Waals surface area contributed by atoms with Gasteiger partial charge in [0.05, 0.1) is 5.41 Å². The summed E-state index contributed by atoms with van der Waals surface area (Å²) in [4.78, 5) is 11.9. The number of hydrogen-bond acceptors (Lipinski definition) is 2. The van der Waals surface area contributed by atoms with Crippen molar-refractivity contribution in [3.8, 4) is 0 Å². The molecule has 0 aliphatic heterocycles.